The van der Waals surface area contributed by atoms with Gasteiger partial charge >= 0.3 is 0 Å². The summed E-state index contributed by atoms with van der Waals surface area (Å²) in [4.78, 5) is 2.75. The van der Waals surface area contributed by atoms with Crippen molar-refractivity contribution in [3.05, 3.63) is 46.3 Å². The van der Waals surface area contributed by atoms with E-state index in [1.165, 1.54) is 0 Å². The van der Waals surface area contributed by atoms with Gasteiger partial charge in [-0.2, -0.15) is 0 Å². The number of ether oxygens (including phenoxy) is 1. The van der Waals surface area contributed by atoms with Crippen molar-refractivity contribution in [3.8, 4) is 0 Å². The second-order valence-corrected chi connectivity index (χ2v) is 4.57. The van der Waals surface area contributed by atoms with E-state index in [0.717, 1.165) is 12.0 Å². The van der Waals surface area contributed by atoms with Crippen molar-refractivity contribution >= 4 is 0 Å². The summed E-state index contributed by atoms with van der Waals surface area (Å²) in [5.41, 5.74) is 9.50. The fourth-order valence-electron chi connectivity index (χ4n) is 2.23. The minimum absolute atomic E-state index is 0.0466. The Bertz CT molecular complexity index is 418. The third kappa shape index (κ3) is 3.47. The number of nitrogens with zero attached hydrogens (tertiary/aromatic N) is 3. The van der Waals surface area contributed by atoms with Gasteiger partial charge in [-0.25, -0.2) is 0 Å². The molecule has 0 aromatic heterocycles. The van der Waals surface area contributed by atoms with Gasteiger partial charge in [0.25, 0.3) is 0 Å². The zero-order chi connectivity index (χ0) is 12.8. The van der Waals surface area contributed by atoms with Crippen LogP contribution in [0.2, 0.25) is 0 Å². The van der Waals surface area contributed by atoms with Crippen molar-refractivity contribution in [2.24, 2.45) is 5.11 Å². The van der Waals surface area contributed by atoms with Crippen molar-refractivity contribution < 1.29 is 9.84 Å². The average molecular weight is 247 g/mol. The SMILES string of the molecule is [N-]=[N+]=N[C@H]1CC[C@@H](OCc2ccccc2)C[C@@H]1O. The van der Waals surface area contributed by atoms with Crippen LogP contribution >= 0.6 is 0 Å². The third-order valence-electron chi connectivity index (χ3n) is 3.26. The van der Waals surface area contributed by atoms with E-state index in [2.05, 4.69) is 10.0 Å². The van der Waals surface area contributed by atoms with E-state index in [-0.39, 0.29) is 12.1 Å². The van der Waals surface area contributed by atoms with E-state index in [4.69, 9.17) is 10.3 Å². The molecule has 2 rings (SSSR count). The fraction of sp³-hybridized carbons (Fsp3) is 0.538. The van der Waals surface area contributed by atoms with Crippen LogP contribution in [0, 0.1) is 0 Å². The Kier molecular flexibility index (Phi) is 4.59. The quantitative estimate of drug-likeness (QED) is 0.504. The number of azide groups is 1. The summed E-state index contributed by atoms with van der Waals surface area (Å²) in [6.07, 6.45) is 1.51. The van der Waals surface area contributed by atoms with Gasteiger partial charge in [-0.3, -0.25) is 0 Å². The number of aliphatic hydroxyl groups is 1. The molecule has 3 atom stereocenters. The lowest BCUT2D eigenvalue weighted by Crippen LogP contribution is -2.35. The standard InChI is InChI=1S/C13H17N3O2/c14-16-15-12-7-6-11(8-13(12)17)18-9-10-4-2-1-3-5-10/h1-5,11-13,17H,6-9H2/t11-,12+,13+/m1/s1. The summed E-state index contributed by atoms with van der Waals surface area (Å²) in [6, 6.07) is 9.66. The molecule has 5 nitrogen and oxygen atoms in total. The Morgan fingerprint density at radius 3 is 2.78 bits per heavy atom. The smallest absolute Gasteiger partial charge is 0.0720 e. The molecule has 1 N–H and O–H groups in total. The number of aliphatic hydroxyl groups excluding tert-OH is 1. The molecule has 0 amide bonds. The summed E-state index contributed by atoms with van der Waals surface area (Å²) in [7, 11) is 0. The van der Waals surface area contributed by atoms with E-state index in [0.29, 0.717) is 19.4 Å². The highest BCUT2D eigenvalue weighted by molar-refractivity contribution is 5.13. The molecular formula is C13H17N3O2. The number of rotatable bonds is 4. The van der Waals surface area contributed by atoms with E-state index in [1.54, 1.807) is 0 Å². The lowest BCUT2D eigenvalue weighted by molar-refractivity contribution is -0.0299. The summed E-state index contributed by atoms with van der Waals surface area (Å²) in [5.74, 6) is 0. The van der Waals surface area contributed by atoms with E-state index in [1.807, 2.05) is 30.3 Å². The van der Waals surface area contributed by atoms with Gasteiger partial charge in [0.2, 0.25) is 0 Å². The molecule has 5 heteroatoms. The molecule has 96 valence electrons. The minimum Gasteiger partial charge on any atom is -0.393 e. The van der Waals surface area contributed by atoms with Crippen molar-refractivity contribution in [1.82, 2.24) is 0 Å². The molecular weight excluding hydrogens is 230 g/mol. The first-order chi connectivity index (χ1) is 8.79. The number of hydrogen-bond donors (Lipinski definition) is 1. The van der Waals surface area contributed by atoms with Crippen LogP contribution in [0.5, 0.6) is 0 Å². The molecule has 0 heterocycles. The largest absolute Gasteiger partial charge is 0.393 e. The zero-order valence-corrected chi connectivity index (χ0v) is 10.1. The fourth-order valence-corrected chi connectivity index (χ4v) is 2.23. The molecule has 0 aliphatic heterocycles. The Labute approximate surface area is 106 Å². The monoisotopic (exact) mass is 247 g/mol. The molecule has 1 aromatic rings. The lowest BCUT2D eigenvalue weighted by atomic mass is 9.91. The van der Waals surface area contributed by atoms with Crippen LogP contribution in [0.15, 0.2) is 35.4 Å². The van der Waals surface area contributed by atoms with Gasteiger partial charge in [0.15, 0.2) is 0 Å². The van der Waals surface area contributed by atoms with Gasteiger partial charge in [-0.05, 0) is 30.4 Å². The van der Waals surface area contributed by atoms with E-state index in [9.17, 15) is 5.11 Å². The normalized spacial score (nSPS) is 27.5. The highest BCUT2D eigenvalue weighted by Crippen LogP contribution is 2.24. The maximum Gasteiger partial charge on any atom is 0.0720 e. The molecule has 0 radical (unpaired) electrons. The van der Waals surface area contributed by atoms with Crippen LogP contribution in [-0.4, -0.2) is 23.4 Å². The summed E-state index contributed by atoms with van der Waals surface area (Å²) < 4.78 is 5.77. The van der Waals surface area contributed by atoms with E-state index >= 15 is 0 Å². The van der Waals surface area contributed by atoms with E-state index < -0.39 is 6.10 Å². The highest BCUT2D eigenvalue weighted by Gasteiger charge is 2.28. The van der Waals surface area contributed by atoms with Gasteiger partial charge < -0.3 is 9.84 Å². The molecule has 0 unspecified atom stereocenters. The average Bonchev–Trinajstić information content (AvgIpc) is 2.41. The second-order valence-electron chi connectivity index (χ2n) is 4.57. The van der Waals surface area contributed by atoms with Crippen LogP contribution in [0.4, 0.5) is 0 Å². The first-order valence-electron chi connectivity index (χ1n) is 6.17. The highest BCUT2D eigenvalue weighted by atomic mass is 16.5. The van der Waals surface area contributed by atoms with Crippen molar-refractivity contribution in [1.29, 1.82) is 0 Å². The molecule has 0 spiro atoms. The van der Waals surface area contributed by atoms with Gasteiger partial charge in [-0.15, -0.1) is 0 Å². The number of benzene rings is 1. The predicted octanol–water partition coefficient (Wildman–Crippen LogP) is 2.80. The van der Waals surface area contributed by atoms with Gasteiger partial charge in [-0.1, -0.05) is 35.4 Å². The maximum atomic E-state index is 9.82. The Balaban J connectivity index is 1.81. The second kappa shape index (κ2) is 6.40. The zero-order valence-electron chi connectivity index (χ0n) is 10.1. The van der Waals surface area contributed by atoms with Gasteiger partial charge in [0.1, 0.15) is 0 Å². The summed E-state index contributed by atoms with van der Waals surface area (Å²) >= 11 is 0. The topological polar surface area (TPSA) is 78.2 Å². The summed E-state index contributed by atoms with van der Waals surface area (Å²) in [6.45, 7) is 0.560. The van der Waals surface area contributed by atoms with Crippen molar-refractivity contribution in [2.45, 2.75) is 44.1 Å². The van der Waals surface area contributed by atoms with Crippen molar-refractivity contribution in [3.63, 3.8) is 0 Å². The Morgan fingerprint density at radius 2 is 2.11 bits per heavy atom. The van der Waals surface area contributed by atoms with Crippen LogP contribution in [0.3, 0.4) is 0 Å². The third-order valence-corrected chi connectivity index (χ3v) is 3.26. The molecule has 0 bridgehead atoms. The Hall–Kier alpha value is -1.55. The van der Waals surface area contributed by atoms with Crippen LogP contribution in [-0.2, 0) is 11.3 Å². The predicted molar refractivity (Wildman–Crippen MR) is 67.8 cm³/mol. The molecule has 1 saturated carbocycles. The maximum absolute atomic E-state index is 9.82. The van der Waals surface area contributed by atoms with Crippen molar-refractivity contribution in [2.75, 3.05) is 0 Å². The number of hydrogen-bond acceptors (Lipinski definition) is 3. The molecule has 0 saturated heterocycles. The minimum atomic E-state index is -0.588. The molecule has 18 heavy (non-hydrogen) atoms. The Morgan fingerprint density at radius 1 is 1.33 bits per heavy atom. The molecule has 1 aromatic carbocycles. The van der Waals surface area contributed by atoms with Crippen LogP contribution in [0.25, 0.3) is 10.4 Å². The van der Waals surface area contributed by atoms with Gasteiger partial charge in [0.05, 0.1) is 24.9 Å². The molecule has 1 aliphatic carbocycles. The van der Waals surface area contributed by atoms with Gasteiger partial charge in [0, 0.05) is 4.91 Å². The first kappa shape index (κ1) is 12.9. The summed E-state index contributed by atoms with van der Waals surface area (Å²) in [5, 5.41) is 13.4. The van der Waals surface area contributed by atoms with Crippen LogP contribution < -0.4 is 0 Å². The van der Waals surface area contributed by atoms with Crippen LogP contribution in [0.1, 0.15) is 24.8 Å². The first-order valence-corrected chi connectivity index (χ1v) is 6.17. The molecule has 1 aliphatic rings. The lowest BCUT2D eigenvalue weighted by Gasteiger charge is -2.30. The molecule has 1 fully saturated rings.